The van der Waals surface area contributed by atoms with Crippen LogP contribution < -0.4 is 20.3 Å². The fourth-order valence-electron chi connectivity index (χ4n) is 6.35. The van der Waals surface area contributed by atoms with Gasteiger partial charge in [0.15, 0.2) is 0 Å². The number of amides is 4. The summed E-state index contributed by atoms with van der Waals surface area (Å²) in [5.41, 5.74) is 4.16. The van der Waals surface area contributed by atoms with Gasteiger partial charge in [-0.25, -0.2) is 9.78 Å². The Balaban J connectivity index is 1.16. The summed E-state index contributed by atoms with van der Waals surface area (Å²) in [5, 5.41) is 6.77. The van der Waals surface area contributed by atoms with Gasteiger partial charge in [-0.3, -0.25) is 19.4 Å². The molecule has 2 N–H and O–H groups in total. The number of nitrogens with zero attached hydrogens (tertiary/aromatic N) is 4. The van der Waals surface area contributed by atoms with Gasteiger partial charge in [-0.15, -0.1) is 11.3 Å². The summed E-state index contributed by atoms with van der Waals surface area (Å²) in [7, 11) is 0. The van der Waals surface area contributed by atoms with E-state index in [-0.39, 0.29) is 17.8 Å². The van der Waals surface area contributed by atoms with E-state index in [1.165, 1.54) is 11.3 Å². The topological polar surface area (TPSA) is 107 Å². The summed E-state index contributed by atoms with van der Waals surface area (Å²) in [4.78, 5) is 51.7. The summed E-state index contributed by atoms with van der Waals surface area (Å²) in [5.74, 6) is 1.13. The quantitative estimate of drug-likeness (QED) is 0.236. The van der Waals surface area contributed by atoms with Gasteiger partial charge in [-0.05, 0) is 94.6 Å². The minimum atomic E-state index is -0.367. The zero-order valence-electron chi connectivity index (χ0n) is 25.3. The van der Waals surface area contributed by atoms with Gasteiger partial charge < -0.3 is 20.3 Å². The molecular formula is C34H34N6O4S. The second-order valence-corrected chi connectivity index (χ2v) is 12.6. The number of anilines is 3. The van der Waals surface area contributed by atoms with E-state index in [2.05, 4.69) is 20.5 Å². The number of carbonyl (C=O) groups excluding carboxylic acids is 3. The second kappa shape index (κ2) is 12.0. The summed E-state index contributed by atoms with van der Waals surface area (Å²) in [6, 6.07) is 16.6. The largest absolute Gasteiger partial charge is 0.457 e. The number of benzene rings is 2. The van der Waals surface area contributed by atoms with Crippen LogP contribution in [0.5, 0.6) is 11.5 Å². The lowest BCUT2D eigenvalue weighted by atomic mass is 10.1. The fraction of sp³-hybridized carbons (Fsp3) is 0.294. The van der Waals surface area contributed by atoms with Crippen LogP contribution >= 0.6 is 11.3 Å². The highest BCUT2D eigenvalue weighted by Gasteiger charge is 2.34. The minimum absolute atomic E-state index is 0.0638. The van der Waals surface area contributed by atoms with Gasteiger partial charge in [0.25, 0.3) is 5.91 Å². The van der Waals surface area contributed by atoms with Crippen molar-refractivity contribution >= 4 is 56.5 Å². The number of aromatic nitrogens is 1. The van der Waals surface area contributed by atoms with Gasteiger partial charge in [0.05, 0.1) is 29.0 Å². The second-order valence-electron chi connectivity index (χ2n) is 11.6. The molecule has 5 heterocycles. The molecule has 3 aliphatic heterocycles. The third-order valence-electron chi connectivity index (χ3n) is 8.61. The van der Waals surface area contributed by atoms with Crippen LogP contribution in [0.25, 0.3) is 10.2 Å². The molecule has 1 fully saturated rings. The van der Waals surface area contributed by atoms with Gasteiger partial charge in [-0.2, -0.15) is 0 Å². The third kappa shape index (κ3) is 5.53. The fourth-order valence-corrected chi connectivity index (χ4v) is 7.37. The monoisotopic (exact) mass is 622 g/mol. The first-order valence-corrected chi connectivity index (χ1v) is 16.1. The van der Waals surface area contributed by atoms with Crippen LogP contribution in [0.3, 0.4) is 0 Å². The number of pyridine rings is 1. The standard InChI is InChI=1S/C34H34N6O4S/c1-21-19-24(44-23-9-4-3-5-10-23)12-13-26(21)40-27-14-15-35-33-29(27)30(37-34(40)43)31(45-33)32(42)36-25-11-8-18-39(22(25)2)28(41)20-38-16-6-7-17-38/h3-5,9-10,12-15,19H,6-8,11,16-18,20H2,1-2H3,(H,36,42)(H,37,43). The van der Waals surface area contributed by atoms with E-state index in [1.807, 2.05) is 62.4 Å². The Morgan fingerprint density at radius 2 is 1.78 bits per heavy atom. The molecule has 45 heavy (non-hydrogen) atoms. The minimum Gasteiger partial charge on any atom is -0.457 e. The Kier molecular flexibility index (Phi) is 7.72. The highest BCUT2D eigenvalue weighted by Crippen LogP contribution is 2.46. The maximum absolute atomic E-state index is 13.7. The Labute approximate surface area is 265 Å². The van der Waals surface area contributed by atoms with Crippen LogP contribution in [-0.2, 0) is 4.79 Å². The molecule has 11 heteroatoms. The van der Waals surface area contributed by atoms with Gasteiger partial charge in [0.1, 0.15) is 21.2 Å². The van der Waals surface area contributed by atoms with Crippen LogP contribution in [0, 0.1) is 6.92 Å². The van der Waals surface area contributed by atoms with Crippen molar-refractivity contribution in [2.24, 2.45) is 0 Å². The van der Waals surface area contributed by atoms with Crippen molar-refractivity contribution in [1.82, 2.24) is 20.1 Å². The first-order valence-electron chi connectivity index (χ1n) is 15.3. The maximum atomic E-state index is 13.7. The normalized spacial score (nSPS) is 16.7. The van der Waals surface area contributed by atoms with E-state index in [9.17, 15) is 14.4 Å². The van der Waals surface area contributed by atoms with Crippen molar-refractivity contribution in [3.8, 4) is 11.5 Å². The van der Waals surface area contributed by atoms with E-state index in [0.717, 1.165) is 55.1 Å². The first kappa shape index (κ1) is 29.0. The number of para-hydroxylation sites is 1. The number of ether oxygens (including phenoxy) is 1. The van der Waals surface area contributed by atoms with Crippen LogP contribution in [0.4, 0.5) is 21.9 Å². The number of rotatable bonds is 7. The number of hydrogen-bond acceptors (Lipinski definition) is 7. The number of urea groups is 1. The van der Waals surface area contributed by atoms with Gasteiger partial charge in [0, 0.05) is 24.1 Å². The molecule has 0 spiro atoms. The lowest BCUT2D eigenvalue weighted by Crippen LogP contribution is -2.42. The van der Waals surface area contributed by atoms with Crippen molar-refractivity contribution in [1.29, 1.82) is 0 Å². The van der Waals surface area contributed by atoms with Crippen molar-refractivity contribution in [3.05, 3.63) is 82.6 Å². The van der Waals surface area contributed by atoms with Crippen molar-refractivity contribution < 1.29 is 19.1 Å². The molecule has 0 aliphatic carbocycles. The molecule has 2 aromatic heterocycles. The van der Waals surface area contributed by atoms with E-state index >= 15 is 0 Å². The van der Waals surface area contributed by atoms with Crippen LogP contribution in [-0.4, -0.2) is 58.8 Å². The summed E-state index contributed by atoms with van der Waals surface area (Å²) in [6.07, 6.45) is 5.34. The molecule has 0 unspecified atom stereocenters. The van der Waals surface area contributed by atoms with Crippen LogP contribution in [0.1, 0.15) is 47.8 Å². The molecule has 3 aliphatic rings. The Morgan fingerprint density at radius 1 is 0.978 bits per heavy atom. The summed E-state index contributed by atoms with van der Waals surface area (Å²) in [6.45, 7) is 6.77. The third-order valence-corrected chi connectivity index (χ3v) is 9.71. The number of hydrogen-bond donors (Lipinski definition) is 2. The predicted molar refractivity (Wildman–Crippen MR) is 175 cm³/mol. The zero-order valence-corrected chi connectivity index (χ0v) is 26.1. The Bertz CT molecular complexity index is 1850. The Hall–Kier alpha value is -4.74. The van der Waals surface area contributed by atoms with Crippen molar-refractivity contribution in [3.63, 3.8) is 0 Å². The van der Waals surface area contributed by atoms with Crippen LogP contribution in [0.15, 0.2) is 72.2 Å². The van der Waals surface area contributed by atoms with E-state index in [1.54, 1.807) is 22.1 Å². The molecule has 4 aromatic rings. The first-order chi connectivity index (χ1) is 21.9. The van der Waals surface area contributed by atoms with E-state index in [4.69, 9.17) is 4.74 Å². The molecule has 0 radical (unpaired) electrons. The van der Waals surface area contributed by atoms with Crippen molar-refractivity contribution in [2.75, 3.05) is 36.4 Å². The van der Waals surface area contributed by atoms with E-state index in [0.29, 0.717) is 57.4 Å². The number of allylic oxidation sites excluding steroid dienone is 2. The highest BCUT2D eigenvalue weighted by molar-refractivity contribution is 7.21. The predicted octanol–water partition coefficient (Wildman–Crippen LogP) is 6.76. The van der Waals surface area contributed by atoms with Crippen molar-refractivity contribution in [2.45, 2.75) is 39.5 Å². The summed E-state index contributed by atoms with van der Waals surface area (Å²) < 4.78 is 5.99. The van der Waals surface area contributed by atoms with E-state index < -0.39 is 0 Å². The average molecular weight is 623 g/mol. The van der Waals surface area contributed by atoms with Gasteiger partial charge >= 0.3 is 6.03 Å². The number of carbonyl (C=O) groups is 3. The molecule has 0 atom stereocenters. The number of likely N-dealkylation sites (tertiary alicyclic amines) is 1. The van der Waals surface area contributed by atoms with Gasteiger partial charge in [0.2, 0.25) is 5.91 Å². The SMILES string of the molecule is CC1=C(NC(=O)c2sc3nccc4c3c2NC(=O)N4c2ccc(Oc3ccccc3)cc2C)CCCN1C(=O)CN1CCCC1. The van der Waals surface area contributed by atoms with Gasteiger partial charge in [-0.1, -0.05) is 18.2 Å². The Morgan fingerprint density at radius 3 is 2.56 bits per heavy atom. The number of thiophene rings is 1. The molecule has 230 valence electrons. The average Bonchev–Trinajstić information content (AvgIpc) is 3.68. The molecule has 7 rings (SSSR count). The lowest BCUT2D eigenvalue weighted by molar-refractivity contribution is -0.130. The number of aryl methyl sites for hydroxylation is 1. The molecular weight excluding hydrogens is 588 g/mol. The molecule has 0 saturated carbocycles. The smallest absolute Gasteiger partial charge is 0.331 e. The zero-order chi connectivity index (χ0) is 31.1. The molecule has 0 bridgehead atoms. The van der Waals surface area contributed by atoms with Crippen LogP contribution in [0.2, 0.25) is 0 Å². The molecule has 4 amide bonds. The highest BCUT2D eigenvalue weighted by atomic mass is 32.1. The maximum Gasteiger partial charge on any atom is 0.331 e. The molecule has 1 saturated heterocycles. The molecule has 2 aromatic carbocycles. The summed E-state index contributed by atoms with van der Waals surface area (Å²) >= 11 is 1.24. The number of nitrogens with one attached hydrogen (secondary N) is 2. The molecule has 10 nitrogen and oxygen atoms in total. The lowest BCUT2D eigenvalue weighted by Gasteiger charge is -2.32.